The third-order valence-electron chi connectivity index (χ3n) is 4.21. The monoisotopic (exact) mass is 301 g/mol. The van der Waals surface area contributed by atoms with Gasteiger partial charge in [0.05, 0.1) is 17.8 Å². The first-order chi connectivity index (χ1) is 9.99. The highest BCUT2D eigenvalue weighted by Gasteiger charge is 2.38. The fourth-order valence-corrected chi connectivity index (χ4v) is 2.94. The van der Waals surface area contributed by atoms with Crippen molar-refractivity contribution in [3.8, 4) is 0 Å². The summed E-state index contributed by atoms with van der Waals surface area (Å²) in [6.45, 7) is 3.70. The van der Waals surface area contributed by atoms with Crippen molar-refractivity contribution in [1.29, 1.82) is 0 Å². The maximum absolute atomic E-state index is 12.7. The maximum Gasteiger partial charge on any atom is 0.416 e. The number of anilines is 1. The number of nitrogens with zero attached hydrogens (tertiary/aromatic N) is 2. The molecule has 0 saturated carbocycles. The van der Waals surface area contributed by atoms with Crippen LogP contribution in [0.1, 0.15) is 18.4 Å². The van der Waals surface area contributed by atoms with Crippen LogP contribution in [0.5, 0.6) is 0 Å². The van der Waals surface area contributed by atoms with Crippen molar-refractivity contribution in [3.63, 3.8) is 0 Å². The molecular weight excluding hydrogens is 283 g/mol. The molecule has 3 rings (SSSR count). The molecule has 1 spiro atoms. The minimum Gasteiger partial charge on any atom is -0.372 e. The predicted molar refractivity (Wildman–Crippen MR) is 72.2 cm³/mol. The summed E-state index contributed by atoms with van der Waals surface area (Å²) in [5.74, 6) is 0.392. The molecule has 0 unspecified atom stereocenters. The molecule has 0 amide bonds. The number of hydrogen-bond donors (Lipinski definition) is 1. The van der Waals surface area contributed by atoms with Gasteiger partial charge >= 0.3 is 6.18 Å². The standard InChI is InChI=1S/C14H18F3N3O/c15-14(16,17)11-1-4-19-12(9-11)20-6-2-13(3-7-20)10-18-5-8-21-13/h1,4,9,18H,2-3,5-8,10H2. The summed E-state index contributed by atoms with van der Waals surface area (Å²) in [5, 5.41) is 3.32. The van der Waals surface area contributed by atoms with Crippen molar-refractivity contribution in [1.82, 2.24) is 10.3 Å². The molecule has 2 fully saturated rings. The minimum absolute atomic E-state index is 0.156. The zero-order chi connectivity index (χ0) is 14.9. The predicted octanol–water partition coefficient (Wildman–Crippen LogP) is 2.06. The van der Waals surface area contributed by atoms with Crippen LogP contribution in [0.25, 0.3) is 0 Å². The van der Waals surface area contributed by atoms with E-state index in [-0.39, 0.29) is 5.60 Å². The summed E-state index contributed by atoms with van der Waals surface area (Å²) in [4.78, 5) is 5.98. The number of morpholine rings is 1. The van der Waals surface area contributed by atoms with Crippen molar-refractivity contribution >= 4 is 5.82 Å². The van der Waals surface area contributed by atoms with E-state index < -0.39 is 11.7 Å². The third kappa shape index (κ3) is 3.13. The summed E-state index contributed by atoms with van der Waals surface area (Å²) in [5.41, 5.74) is -0.806. The molecule has 7 heteroatoms. The van der Waals surface area contributed by atoms with Gasteiger partial charge in [0.15, 0.2) is 0 Å². The molecular formula is C14H18F3N3O. The van der Waals surface area contributed by atoms with Gasteiger partial charge in [-0.15, -0.1) is 0 Å². The highest BCUT2D eigenvalue weighted by Crippen LogP contribution is 2.33. The third-order valence-corrected chi connectivity index (χ3v) is 4.21. The van der Waals surface area contributed by atoms with Crippen molar-refractivity contribution in [2.24, 2.45) is 0 Å². The number of rotatable bonds is 1. The zero-order valence-electron chi connectivity index (χ0n) is 11.6. The summed E-state index contributed by atoms with van der Waals surface area (Å²) in [6, 6.07) is 2.13. The second-order valence-corrected chi connectivity index (χ2v) is 5.60. The first-order valence-corrected chi connectivity index (χ1v) is 7.11. The molecule has 0 atom stereocenters. The Morgan fingerprint density at radius 3 is 2.67 bits per heavy atom. The average Bonchev–Trinajstić information content (AvgIpc) is 2.48. The van der Waals surface area contributed by atoms with Gasteiger partial charge in [-0.25, -0.2) is 4.98 Å². The summed E-state index contributed by atoms with van der Waals surface area (Å²) in [6.07, 6.45) is -1.50. The molecule has 116 valence electrons. The van der Waals surface area contributed by atoms with Gasteiger partial charge in [0.25, 0.3) is 0 Å². The van der Waals surface area contributed by atoms with E-state index in [9.17, 15) is 13.2 Å². The number of nitrogens with one attached hydrogen (secondary N) is 1. The molecule has 0 aromatic carbocycles. The molecule has 1 N–H and O–H groups in total. The van der Waals surface area contributed by atoms with Crippen LogP contribution in [0.4, 0.5) is 19.0 Å². The lowest BCUT2D eigenvalue weighted by molar-refractivity contribution is -0.137. The number of pyridine rings is 1. The first-order valence-electron chi connectivity index (χ1n) is 7.11. The Bertz CT molecular complexity index is 490. The Kier molecular flexibility index (Phi) is 3.79. The molecule has 3 heterocycles. The SMILES string of the molecule is FC(F)(F)c1ccnc(N2CCC3(CC2)CNCCO3)c1. The molecule has 0 aliphatic carbocycles. The molecule has 2 aliphatic rings. The fourth-order valence-electron chi connectivity index (χ4n) is 2.94. The molecule has 0 bridgehead atoms. The Labute approximate surface area is 121 Å². The Hall–Kier alpha value is -1.34. The molecule has 2 saturated heterocycles. The Morgan fingerprint density at radius 2 is 2.05 bits per heavy atom. The van der Waals surface area contributed by atoms with Crippen molar-refractivity contribution in [2.75, 3.05) is 37.7 Å². The van der Waals surface area contributed by atoms with Crippen molar-refractivity contribution in [3.05, 3.63) is 23.9 Å². The summed E-state index contributed by atoms with van der Waals surface area (Å²) < 4.78 is 44.1. The highest BCUT2D eigenvalue weighted by atomic mass is 19.4. The minimum atomic E-state index is -4.33. The maximum atomic E-state index is 12.7. The fraction of sp³-hybridized carbons (Fsp3) is 0.643. The van der Waals surface area contributed by atoms with Crippen LogP contribution >= 0.6 is 0 Å². The van der Waals surface area contributed by atoms with E-state index in [0.29, 0.717) is 25.5 Å². The van der Waals surface area contributed by atoms with E-state index in [1.165, 1.54) is 6.20 Å². The molecule has 4 nitrogen and oxygen atoms in total. The Morgan fingerprint density at radius 1 is 1.29 bits per heavy atom. The number of piperidine rings is 1. The molecule has 1 aromatic heterocycles. The van der Waals surface area contributed by atoms with Gasteiger partial charge in [-0.1, -0.05) is 0 Å². The molecule has 1 aromatic rings. The quantitative estimate of drug-likeness (QED) is 0.861. The lowest BCUT2D eigenvalue weighted by Crippen LogP contribution is -2.55. The van der Waals surface area contributed by atoms with Crippen LogP contribution in [0.2, 0.25) is 0 Å². The van der Waals surface area contributed by atoms with Gasteiger partial charge in [-0.3, -0.25) is 0 Å². The van der Waals surface area contributed by atoms with Crippen LogP contribution in [0.3, 0.4) is 0 Å². The van der Waals surface area contributed by atoms with Gasteiger partial charge in [0, 0.05) is 32.4 Å². The van der Waals surface area contributed by atoms with E-state index in [4.69, 9.17) is 4.74 Å². The topological polar surface area (TPSA) is 37.4 Å². The lowest BCUT2D eigenvalue weighted by atomic mass is 9.90. The highest BCUT2D eigenvalue weighted by molar-refractivity contribution is 5.42. The van der Waals surface area contributed by atoms with Crippen molar-refractivity contribution in [2.45, 2.75) is 24.6 Å². The van der Waals surface area contributed by atoms with E-state index in [1.807, 2.05) is 4.90 Å². The van der Waals surface area contributed by atoms with E-state index >= 15 is 0 Å². The van der Waals surface area contributed by atoms with Gasteiger partial charge in [-0.05, 0) is 25.0 Å². The normalized spacial score (nSPS) is 22.5. The van der Waals surface area contributed by atoms with E-state index in [2.05, 4.69) is 10.3 Å². The molecule has 2 aliphatic heterocycles. The number of hydrogen-bond acceptors (Lipinski definition) is 4. The summed E-state index contributed by atoms with van der Waals surface area (Å²) in [7, 11) is 0. The zero-order valence-corrected chi connectivity index (χ0v) is 11.6. The number of halogens is 3. The number of aromatic nitrogens is 1. The molecule has 0 radical (unpaired) electrons. The first kappa shape index (κ1) is 14.6. The summed E-state index contributed by atoms with van der Waals surface area (Å²) >= 11 is 0. The van der Waals surface area contributed by atoms with Gasteiger partial charge < -0.3 is 15.0 Å². The largest absolute Gasteiger partial charge is 0.416 e. The van der Waals surface area contributed by atoms with E-state index in [0.717, 1.165) is 38.1 Å². The second kappa shape index (κ2) is 5.46. The van der Waals surface area contributed by atoms with Crippen LogP contribution in [-0.4, -0.2) is 43.4 Å². The second-order valence-electron chi connectivity index (χ2n) is 5.60. The Balaban J connectivity index is 1.69. The number of alkyl halides is 3. The van der Waals surface area contributed by atoms with Gasteiger partial charge in [-0.2, -0.15) is 13.2 Å². The van der Waals surface area contributed by atoms with Gasteiger partial charge in [0.1, 0.15) is 5.82 Å². The van der Waals surface area contributed by atoms with Crippen LogP contribution in [0.15, 0.2) is 18.3 Å². The van der Waals surface area contributed by atoms with Crippen molar-refractivity contribution < 1.29 is 17.9 Å². The van der Waals surface area contributed by atoms with Crippen LogP contribution in [0, 0.1) is 0 Å². The average molecular weight is 301 g/mol. The smallest absolute Gasteiger partial charge is 0.372 e. The van der Waals surface area contributed by atoms with E-state index in [1.54, 1.807) is 0 Å². The lowest BCUT2D eigenvalue weighted by Gasteiger charge is -2.44. The van der Waals surface area contributed by atoms with Crippen LogP contribution < -0.4 is 10.2 Å². The van der Waals surface area contributed by atoms with Gasteiger partial charge in [0.2, 0.25) is 0 Å². The van der Waals surface area contributed by atoms with Crippen LogP contribution in [-0.2, 0) is 10.9 Å². The molecule has 21 heavy (non-hydrogen) atoms. The number of ether oxygens (including phenoxy) is 1.